The van der Waals surface area contributed by atoms with Crippen LogP contribution in [0.3, 0.4) is 0 Å². The topological polar surface area (TPSA) is 81.2 Å². The third-order valence-electron chi connectivity index (χ3n) is 3.84. The van der Waals surface area contributed by atoms with Crippen LogP contribution in [-0.4, -0.2) is 16.5 Å². The Morgan fingerprint density at radius 2 is 2.15 bits per heavy atom. The van der Waals surface area contributed by atoms with Crippen LogP contribution >= 0.6 is 0 Å². The predicted octanol–water partition coefficient (Wildman–Crippen LogP) is 3.83. The van der Waals surface area contributed by atoms with Crippen molar-refractivity contribution in [3.05, 3.63) is 28.3 Å². The van der Waals surface area contributed by atoms with Crippen LogP contribution in [0.5, 0.6) is 0 Å². The average molecular weight is 277 g/mol. The van der Waals surface area contributed by atoms with Crippen LogP contribution in [0.1, 0.15) is 27.7 Å². The summed E-state index contributed by atoms with van der Waals surface area (Å²) < 4.78 is 5.53. The van der Waals surface area contributed by atoms with Gasteiger partial charge in [0, 0.05) is 18.7 Å². The van der Waals surface area contributed by atoms with Gasteiger partial charge in [0.05, 0.1) is 4.92 Å². The van der Waals surface area contributed by atoms with E-state index in [1.165, 1.54) is 12.1 Å². The summed E-state index contributed by atoms with van der Waals surface area (Å²) in [6.07, 6.45) is 0. The maximum absolute atomic E-state index is 10.7. The third-order valence-corrected chi connectivity index (χ3v) is 3.84. The Bertz CT molecular complexity index is 632. The minimum atomic E-state index is -0.441. The number of nitrogens with zero attached hydrogens (tertiary/aromatic N) is 2. The molecule has 0 spiro atoms. The van der Waals surface area contributed by atoms with Crippen molar-refractivity contribution >= 4 is 22.8 Å². The maximum Gasteiger partial charge on any atom is 0.295 e. The Morgan fingerprint density at radius 3 is 2.75 bits per heavy atom. The lowest BCUT2D eigenvalue weighted by Gasteiger charge is -2.28. The van der Waals surface area contributed by atoms with Gasteiger partial charge >= 0.3 is 0 Å². The van der Waals surface area contributed by atoms with E-state index in [0.29, 0.717) is 23.0 Å². The summed E-state index contributed by atoms with van der Waals surface area (Å²) in [5.74, 6) is 0.514. The van der Waals surface area contributed by atoms with Crippen LogP contribution in [0.25, 0.3) is 11.1 Å². The molecule has 1 aromatic heterocycles. The summed E-state index contributed by atoms with van der Waals surface area (Å²) in [6, 6.07) is 4.79. The second-order valence-corrected chi connectivity index (χ2v) is 5.92. The molecule has 0 aliphatic rings. The molecule has 108 valence electrons. The maximum atomic E-state index is 10.7. The quantitative estimate of drug-likeness (QED) is 0.663. The van der Waals surface area contributed by atoms with Crippen molar-refractivity contribution in [1.29, 1.82) is 0 Å². The molecule has 2 aromatic rings. The summed E-state index contributed by atoms with van der Waals surface area (Å²) in [7, 11) is 0. The first-order chi connectivity index (χ1) is 9.29. The highest BCUT2D eigenvalue weighted by Crippen LogP contribution is 2.28. The first-order valence-electron chi connectivity index (χ1n) is 6.58. The smallest absolute Gasteiger partial charge is 0.295 e. The molecule has 0 radical (unpaired) electrons. The molecule has 0 fully saturated rings. The molecule has 1 N–H and O–H groups in total. The van der Waals surface area contributed by atoms with Gasteiger partial charge in [0.2, 0.25) is 0 Å². The molecular weight excluding hydrogens is 258 g/mol. The van der Waals surface area contributed by atoms with Crippen LogP contribution in [-0.2, 0) is 0 Å². The monoisotopic (exact) mass is 277 g/mol. The molecule has 20 heavy (non-hydrogen) atoms. The van der Waals surface area contributed by atoms with Crippen LogP contribution in [0.4, 0.5) is 11.7 Å². The van der Waals surface area contributed by atoms with Gasteiger partial charge < -0.3 is 9.73 Å². The van der Waals surface area contributed by atoms with E-state index >= 15 is 0 Å². The number of nitrogens with one attached hydrogen (secondary N) is 1. The lowest BCUT2D eigenvalue weighted by Crippen LogP contribution is -2.28. The van der Waals surface area contributed by atoms with Gasteiger partial charge in [0.25, 0.3) is 11.7 Å². The fraction of sp³-hybridized carbons (Fsp3) is 0.500. The number of non-ortho nitro benzene ring substituents is 1. The van der Waals surface area contributed by atoms with Crippen molar-refractivity contribution < 1.29 is 9.34 Å². The zero-order chi connectivity index (χ0) is 14.9. The molecule has 0 aliphatic carbocycles. The van der Waals surface area contributed by atoms with Gasteiger partial charge in [-0.25, -0.2) is 0 Å². The van der Waals surface area contributed by atoms with Gasteiger partial charge in [-0.15, -0.1) is 0 Å². The number of hydrogen-bond acceptors (Lipinski definition) is 5. The van der Waals surface area contributed by atoms with Gasteiger partial charge in [-0.1, -0.05) is 27.7 Å². The first kappa shape index (κ1) is 14.3. The molecule has 0 amide bonds. The number of rotatable bonds is 5. The molecule has 0 atom stereocenters. The van der Waals surface area contributed by atoms with Crippen molar-refractivity contribution in [2.45, 2.75) is 27.7 Å². The van der Waals surface area contributed by atoms with Crippen LogP contribution < -0.4 is 5.32 Å². The Balaban J connectivity index is 2.18. The molecule has 6 heteroatoms. The molecule has 0 aliphatic heterocycles. The van der Waals surface area contributed by atoms with Gasteiger partial charge in [0.1, 0.15) is 5.52 Å². The highest BCUT2D eigenvalue weighted by atomic mass is 16.6. The summed E-state index contributed by atoms with van der Waals surface area (Å²) in [5.41, 5.74) is 1.15. The van der Waals surface area contributed by atoms with E-state index in [1.807, 2.05) is 0 Å². The van der Waals surface area contributed by atoms with E-state index < -0.39 is 4.92 Å². The fourth-order valence-electron chi connectivity index (χ4n) is 1.61. The number of hydrogen-bond donors (Lipinski definition) is 1. The summed E-state index contributed by atoms with van der Waals surface area (Å²) in [6.45, 7) is 9.38. The second-order valence-electron chi connectivity index (χ2n) is 5.92. The van der Waals surface area contributed by atoms with Crippen LogP contribution in [0.15, 0.2) is 22.6 Å². The normalized spacial score (nSPS) is 12.1. The minimum Gasteiger partial charge on any atom is -0.424 e. The van der Waals surface area contributed by atoms with E-state index in [9.17, 15) is 10.1 Å². The third kappa shape index (κ3) is 2.89. The number of fused-ring (bicyclic) bond motifs is 1. The molecule has 2 rings (SSSR count). The van der Waals surface area contributed by atoms with Crippen molar-refractivity contribution in [2.75, 3.05) is 11.9 Å². The highest BCUT2D eigenvalue weighted by Gasteiger charge is 2.23. The van der Waals surface area contributed by atoms with Gasteiger partial charge in [0.15, 0.2) is 5.58 Å². The molecule has 0 saturated carbocycles. The second kappa shape index (κ2) is 5.11. The number of anilines is 1. The zero-order valence-corrected chi connectivity index (χ0v) is 12.1. The number of nitro groups is 1. The van der Waals surface area contributed by atoms with Gasteiger partial charge in [-0.2, -0.15) is 4.98 Å². The van der Waals surface area contributed by atoms with Crippen molar-refractivity contribution in [3.8, 4) is 0 Å². The summed E-state index contributed by atoms with van der Waals surface area (Å²) in [4.78, 5) is 14.5. The number of oxazole rings is 1. The Hall–Kier alpha value is -2.11. The zero-order valence-electron chi connectivity index (χ0n) is 12.1. The highest BCUT2D eigenvalue weighted by molar-refractivity contribution is 5.77. The number of benzene rings is 1. The first-order valence-corrected chi connectivity index (χ1v) is 6.58. The van der Waals surface area contributed by atoms with E-state index in [-0.39, 0.29) is 11.1 Å². The molecular formula is C14H19N3O3. The lowest BCUT2D eigenvalue weighted by molar-refractivity contribution is -0.384. The van der Waals surface area contributed by atoms with Crippen molar-refractivity contribution in [1.82, 2.24) is 4.98 Å². The van der Waals surface area contributed by atoms with Gasteiger partial charge in [-0.05, 0) is 17.4 Å². The SMILES string of the molecule is CC(C)C(C)(C)CNc1nc2cc([N+](=O)[O-])ccc2o1. The van der Waals surface area contributed by atoms with Crippen molar-refractivity contribution in [3.63, 3.8) is 0 Å². The molecule has 1 heterocycles. The standard InChI is InChI=1S/C14H19N3O3/c1-9(2)14(3,4)8-15-13-16-11-7-10(17(18)19)5-6-12(11)20-13/h5-7,9H,8H2,1-4H3,(H,15,16). The molecule has 0 unspecified atom stereocenters. The fourth-order valence-corrected chi connectivity index (χ4v) is 1.61. The van der Waals surface area contributed by atoms with Gasteiger partial charge in [-0.3, -0.25) is 10.1 Å². The molecule has 0 bridgehead atoms. The number of aromatic nitrogens is 1. The molecule has 6 nitrogen and oxygen atoms in total. The summed E-state index contributed by atoms with van der Waals surface area (Å²) in [5, 5.41) is 13.9. The van der Waals surface area contributed by atoms with Crippen LogP contribution in [0.2, 0.25) is 0 Å². The summed E-state index contributed by atoms with van der Waals surface area (Å²) >= 11 is 0. The lowest BCUT2D eigenvalue weighted by atomic mass is 9.81. The Labute approximate surface area is 117 Å². The van der Waals surface area contributed by atoms with E-state index in [0.717, 1.165) is 6.54 Å². The Kier molecular flexibility index (Phi) is 3.65. The van der Waals surface area contributed by atoms with E-state index in [2.05, 4.69) is 38.0 Å². The number of nitro benzene ring substituents is 1. The van der Waals surface area contributed by atoms with E-state index in [4.69, 9.17) is 4.42 Å². The van der Waals surface area contributed by atoms with Crippen LogP contribution in [0, 0.1) is 21.4 Å². The molecule has 1 aromatic carbocycles. The van der Waals surface area contributed by atoms with Crippen molar-refractivity contribution in [2.24, 2.45) is 11.3 Å². The largest absolute Gasteiger partial charge is 0.424 e. The predicted molar refractivity (Wildman–Crippen MR) is 77.8 cm³/mol. The molecule has 0 saturated heterocycles. The average Bonchev–Trinajstić information content (AvgIpc) is 2.77. The Morgan fingerprint density at radius 1 is 1.45 bits per heavy atom. The minimum absolute atomic E-state index is 0.0138. The van der Waals surface area contributed by atoms with E-state index in [1.54, 1.807) is 6.07 Å².